The summed E-state index contributed by atoms with van der Waals surface area (Å²) >= 11 is 0. The lowest BCUT2D eigenvalue weighted by atomic mass is 10.0. The van der Waals surface area contributed by atoms with Crippen LogP contribution in [0.15, 0.2) is 24.3 Å². The zero-order chi connectivity index (χ0) is 56.4. The summed E-state index contributed by atoms with van der Waals surface area (Å²) in [5.74, 6) is -0.837. The first-order valence-electron chi connectivity index (χ1n) is 35.3. The zero-order valence-electron chi connectivity index (χ0n) is 53.0. The average Bonchev–Trinajstić information content (AvgIpc) is 3.44. The summed E-state index contributed by atoms with van der Waals surface area (Å²) in [4.78, 5) is 38.2. The van der Waals surface area contributed by atoms with E-state index in [1.165, 1.54) is 295 Å². The highest BCUT2D eigenvalue weighted by Crippen LogP contribution is 2.19. The van der Waals surface area contributed by atoms with E-state index in [9.17, 15) is 14.4 Å². The second kappa shape index (κ2) is 67.4. The average molecular weight is 1100 g/mol. The van der Waals surface area contributed by atoms with Crippen LogP contribution in [0.1, 0.15) is 400 Å². The predicted octanol–water partition coefficient (Wildman–Crippen LogP) is 24.2. The molecule has 78 heavy (non-hydrogen) atoms. The minimum absolute atomic E-state index is 0.0635. The Balaban J connectivity index is 3.98. The molecule has 0 spiro atoms. The van der Waals surface area contributed by atoms with Gasteiger partial charge < -0.3 is 14.2 Å². The third-order valence-electron chi connectivity index (χ3n) is 16.2. The summed E-state index contributed by atoms with van der Waals surface area (Å²) in [6, 6.07) is 0. The van der Waals surface area contributed by atoms with Crippen molar-refractivity contribution in [1.82, 2.24) is 0 Å². The Morgan fingerprint density at radius 1 is 0.256 bits per heavy atom. The van der Waals surface area contributed by atoms with Gasteiger partial charge in [-0.1, -0.05) is 353 Å². The van der Waals surface area contributed by atoms with Crippen LogP contribution in [0.3, 0.4) is 0 Å². The molecule has 0 aliphatic heterocycles. The number of rotatable bonds is 66. The summed E-state index contributed by atoms with van der Waals surface area (Å²) in [5.41, 5.74) is 0. The van der Waals surface area contributed by atoms with Crippen LogP contribution in [0.2, 0.25) is 0 Å². The van der Waals surface area contributed by atoms with Crippen LogP contribution >= 0.6 is 0 Å². The summed E-state index contributed by atoms with van der Waals surface area (Å²) in [6.07, 6.45) is 82.4. The number of unbranched alkanes of at least 4 members (excludes halogenated alkanes) is 51. The fourth-order valence-electron chi connectivity index (χ4n) is 10.9. The van der Waals surface area contributed by atoms with Gasteiger partial charge in [-0.15, -0.1) is 0 Å². The van der Waals surface area contributed by atoms with Crippen molar-refractivity contribution in [1.29, 1.82) is 0 Å². The van der Waals surface area contributed by atoms with Gasteiger partial charge in [0.2, 0.25) is 0 Å². The van der Waals surface area contributed by atoms with Crippen LogP contribution in [0, 0.1) is 0 Å². The van der Waals surface area contributed by atoms with Crippen LogP contribution in [0.4, 0.5) is 0 Å². The maximum absolute atomic E-state index is 12.9. The van der Waals surface area contributed by atoms with Gasteiger partial charge in [0.25, 0.3) is 0 Å². The lowest BCUT2D eigenvalue weighted by Gasteiger charge is -2.18. The molecule has 0 rings (SSSR count). The van der Waals surface area contributed by atoms with Crippen molar-refractivity contribution >= 4 is 17.9 Å². The van der Waals surface area contributed by atoms with Crippen molar-refractivity contribution < 1.29 is 28.6 Å². The molecule has 0 saturated heterocycles. The van der Waals surface area contributed by atoms with Crippen molar-refractivity contribution in [3.63, 3.8) is 0 Å². The molecule has 1 unspecified atom stereocenters. The predicted molar refractivity (Wildman–Crippen MR) is 340 cm³/mol. The second-order valence-electron chi connectivity index (χ2n) is 24.2. The molecule has 0 heterocycles. The molecule has 0 amide bonds. The first kappa shape index (κ1) is 75.9. The Bertz CT molecular complexity index is 1260. The van der Waals surface area contributed by atoms with Gasteiger partial charge in [-0.3, -0.25) is 14.4 Å². The first-order chi connectivity index (χ1) is 38.5. The highest BCUT2D eigenvalue weighted by Gasteiger charge is 2.19. The van der Waals surface area contributed by atoms with E-state index < -0.39 is 6.10 Å². The molecule has 0 radical (unpaired) electrons. The SMILES string of the molecule is CCCCCCC/C=C\C/C=C\CCCCCCCCCCCCCCCCCCCCCCCC(=O)OCC(COC(=O)CCCCCCCCCC)OC(=O)CCCCCCCCCCCCCCCCCCCCC. The highest BCUT2D eigenvalue weighted by atomic mass is 16.6. The molecular weight excluding hydrogens is 961 g/mol. The summed E-state index contributed by atoms with van der Waals surface area (Å²) in [6.45, 7) is 6.68. The van der Waals surface area contributed by atoms with E-state index in [2.05, 4.69) is 45.1 Å². The molecular formula is C72H136O6. The Hall–Kier alpha value is -2.11. The number of carbonyl (C=O) groups excluding carboxylic acids is 3. The Kier molecular flexibility index (Phi) is 65.6. The fraction of sp³-hybridized carbons (Fsp3) is 0.903. The molecule has 0 saturated carbocycles. The quantitative estimate of drug-likeness (QED) is 0.0261. The molecule has 0 aromatic heterocycles. The van der Waals surface area contributed by atoms with E-state index >= 15 is 0 Å². The number of hydrogen-bond acceptors (Lipinski definition) is 6. The molecule has 0 N–H and O–H groups in total. The zero-order valence-corrected chi connectivity index (χ0v) is 53.0. The van der Waals surface area contributed by atoms with Crippen molar-refractivity contribution in [2.24, 2.45) is 0 Å². The van der Waals surface area contributed by atoms with Crippen LogP contribution in [-0.4, -0.2) is 37.2 Å². The standard InChI is InChI=1S/C72H136O6/c1-4-7-10-13-16-19-21-23-25-27-29-30-31-32-33-34-35-36-37-38-39-40-41-42-44-45-47-49-51-53-56-59-62-65-71(74)77-68-69(67-76-70(73)64-61-58-55-18-15-12-9-6-3)78-72(75)66-63-60-57-54-52-50-48-46-43-28-26-24-22-20-17-14-11-8-5-2/h21,23,27,29,69H,4-20,22,24-26,28,30-68H2,1-3H3/b23-21-,29-27-. The van der Waals surface area contributed by atoms with Gasteiger partial charge in [-0.05, 0) is 51.4 Å². The first-order valence-corrected chi connectivity index (χ1v) is 35.3. The number of ether oxygens (including phenoxy) is 3. The Labute approximate surface area is 487 Å². The summed E-state index contributed by atoms with van der Waals surface area (Å²) in [7, 11) is 0. The maximum Gasteiger partial charge on any atom is 0.306 e. The molecule has 0 fully saturated rings. The minimum Gasteiger partial charge on any atom is -0.462 e. The molecule has 0 aliphatic carbocycles. The molecule has 0 aliphatic rings. The normalized spacial score (nSPS) is 12.1. The smallest absolute Gasteiger partial charge is 0.306 e. The van der Waals surface area contributed by atoms with E-state index in [-0.39, 0.29) is 31.1 Å². The van der Waals surface area contributed by atoms with Crippen LogP contribution in [0.25, 0.3) is 0 Å². The molecule has 460 valence electrons. The molecule has 0 bridgehead atoms. The monoisotopic (exact) mass is 1100 g/mol. The fourth-order valence-corrected chi connectivity index (χ4v) is 10.9. The molecule has 6 nitrogen and oxygen atoms in total. The van der Waals surface area contributed by atoms with E-state index in [0.717, 1.165) is 64.2 Å². The lowest BCUT2D eigenvalue weighted by molar-refractivity contribution is -0.167. The number of esters is 3. The van der Waals surface area contributed by atoms with Crippen LogP contribution in [-0.2, 0) is 28.6 Å². The van der Waals surface area contributed by atoms with Gasteiger partial charge in [0.05, 0.1) is 0 Å². The van der Waals surface area contributed by atoms with E-state index in [1.807, 2.05) is 0 Å². The third kappa shape index (κ3) is 64.7. The Morgan fingerprint density at radius 3 is 0.705 bits per heavy atom. The largest absolute Gasteiger partial charge is 0.462 e. The van der Waals surface area contributed by atoms with Crippen molar-refractivity contribution in [3.05, 3.63) is 24.3 Å². The van der Waals surface area contributed by atoms with Crippen molar-refractivity contribution in [2.75, 3.05) is 13.2 Å². The van der Waals surface area contributed by atoms with Crippen molar-refractivity contribution in [3.8, 4) is 0 Å². The lowest BCUT2D eigenvalue weighted by Crippen LogP contribution is -2.30. The summed E-state index contributed by atoms with van der Waals surface area (Å²) in [5, 5.41) is 0. The van der Waals surface area contributed by atoms with Gasteiger partial charge in [0.15, 0.2) is 6.10 Å². The highest BCUT2D eigenvalue weighted by molar-refractivity contribution is 5.71. The van der Waals surface area contributed by atoms with Gasteiger partial charge in [-0.25, -0.2) is 0 Å². The topological polar surface area (TPSA) is 78.9 Å². The van der Waals surface area contributed by atoms with E-state index in [4.69, 9.17) is 14.2 Å². The summed E-state index contributed by atoms with van der Waals surface area (Å²) < 4.78 is 16.9. The van der Waals surface area contributed by atoms with Crippen LogP contribution in [0.5, 0.6) is 0 Å². The van der Waals surface area contributed by atoms with Gasteiger partial charge in [0.1, 0.15) is 13.2 Å². The molecule has 6 heteroatoms. The van der Waals surface area contributed by atoms with Gasteiger partial charge >= 0.3 is 17.9 Å². The van der Waals surface area contributed by atoms with Gasteiger partial charge in [-0.2, -0.15) is 0 Å². The molecule has 0 aromatic rings. The third-order valence-corrected chi connectivity index (χ3v) is 16.2. The van der Waals surface area contributed by atoms with Crippen LogP contribution < -0.4 is 0 Å². The Morgan fingerprint density at radius 2 is 0.462 bits per heavy atom. The molecule has 1 atom stereocenters. The van der Waals surface area contributed by atoms with E-state index in [0.29, 0.717) is 19.3 Å². The maximum atomic E-state index is 12.9. The van der Waals surface area contributed by atoms with Crippen molar-refractivity contribution in [2.45, 2.75) is 406 Å². The number of hydrogen-bond donors (Lipinski definition) is 0. The number of carbonyl (C=O) groups is 3. The number of allylic oxidation sites excluding steroid dienone is 4. The van der Waals surface area contributed by atoms with E-state index in [1.54, 1.807) is 0 Å². The second-order valence-corrected chi connectivity index (χ2v) is 24.2. The molecule has 0 aromatic carbocycles. The minimum atomic E-state index is -0.764. The van der Waals surface area contributed by atoms with Gasteiger partial charge in [0, 0.05) is 19.3 Å².